The van der Waals surface area contributed by atoms with E-state index >= 15 is 0 Å². The van der Waals surface area contributed by atoms with E-state index in [0.717, 1.165) is 16.5 Å². The first-order valence-corrected chi connectivity index (χ1v) is 7.29. The Balaban J connectivity index is 2.01. The number of carbonyl (C=O) groups is 2. The van der Waals surface area contributed by atoms with Gasteiger partial charge >= 0.3 is 0 Å². The Hall–Kier alpha value is -2.88. The van der Waals surface area contributed by atoms with E-state index in [9.17, 15) is 9.59 Å². The van der Waals surface area contributed by atoms with E-state index in [-0.39, 0.29) is 11.8 Å². The molecule has 22 heavy (non-hydrogen) atoms. The zero-order chi connectivity index (χ0) is 15.3. The van der Waals surface area contributed by atoms with Crippen LogP contribution in [-0.2, 0) is 6.42 Å². The largest absolute Gasteiger partial charge is 0.361 e. The van der Waals surface area contributed by atoms with E-state index in [4.69, 9.17) is 0 Å². The van der Waals surface area contributed by atoms with Crippen LogP contribution in [0.25, 0.3) is 10.9 Å². The Morgan fingerprint density at radius 2 is 1.73 bits per heavy atom. The van der Waals surface area contributed by atoms with E-state index in [0.29, 0.717) is 23.2 Å². The maximum Gasteiger partial charge on any atom is 0.266 e. The number of aryl methyl sites for hydroxylation is 1. The van der Waals surface area contributed by atoms with Crippen LogP contribution in [0.1, 0.15) is 33.2 Å². The SMILES string of the molecule is CCc1cc2[nH]ccc2c2c1C(=O)N(c1ccccc1)C2=O. The molecule has 3 aromatic rings. The standard InChI is InChI=1S/C18H14N2O2/c1-2-11-10-14-13(8-9-19-14)16-15(11)17(21)20(18(16)22)12-6-4-3-5-7-12/h3-10,19H,2H2,1H3. The number of hydrogen-bond acceptors (Lipinski definition) is 2. The Bertz CT molecular complexity index is 909. The highest BCUT2D eigenvalue weighted by Crippen LogP contribution is 2.35. The second-order valence-electron chi connectivity index (χ2n) is 5.36. The number of benzene rings is 2. The molecule has 0 saturated carbocycles. The molecule has 0 bridgehead atoms. The zero-order valence-electron chi connectivity index (χ0n) is 12.1. The lowest BCUT2D eigenvalue weighted by molar-refractivity contribution is 0.0926. The first-order chi connectivity index (χ1) is 10.7. The highest BCUT2D eigenvalue weighted by atomic mass is 16.2. The molecule has 0 fully saturated rings. The molecular formula is C18H14N2O2. The summed E-state index contributed by atoms with van der Waals surface area (Å²) in [5.74, 6) is -0.475. The summed E-state index contributed by atoms with van der Waals surface area (Å²) in [6.45, 7) is 1.99. The molecule has 0 atom stereocenters. The monoisotopic (exact) mass is 290 g/mol. The molecule has 1 aromatic heterocycles. The number of nitrogens with one attached hydrogen (secondary N) is 1. The van der Waals surface area contributed by atoms with Crippen molar-refractivity contribution in [3.05, 3.63) is 65.4 Å². The van der Waals surface area contributed by atoms with E-state index < -0.39 is 0 Å². The smallest absolute Gasteiger partial charge is 0.266 e. The average Bonchev–Trinajstić information content (AvgIpc) is 3.10. The van der Waals surface area contributed by atoms with E-state index in [1.54, 1.807) is 18.3 Å². The molecule has 1 aliphatic heterocycles. The summed E-state index contributed by atoms with van der Waals surface area (Å²) < 4.78 is 0. The van der Waals surface area contributed by atoms with Gasteiger partial charge in [0.1, 0.15) is 0 Å². The van der Waals surface area contributed by atoms with Crippen LogP contribution in [0.3, 0.4) is 0 Å². The Labute approximate surface area is 127 Å². The first-order valence-electron chi connectivity index (χ1n) is 7.29. The van der Waals surface area contributed by atoms with E-state index in [1.807, 2.05) is 37.3 Å². The molecule has 0 radical (unpaired) electrons. The van der Waals surface area contributed by atoms with Crippen LogP contribution in [0.15, 0.2) is 48.7 Å². The Kier molecular flexibility index (Phi) is 2.66. The third-order valence-corrected chi connectivity index (χ3v) is 4.17. The minimum absolute atomic E-state index is 0.230. The molecule has 2 amide bonds. The number of H-pyrrole nitrogens is 1. The summed E-state index contributed by atoms with van der Waals surface area (Å²) in [6.07, 6.45) is 2.51. The minimum Gasteiger partial charge on any atom is -0.361 e. The number of hydrogen-bond donors (Lipinski definition) is 1. The topological polar surface area (TPSA) is 53.2 Å². The predicted octanol–water partition coefficient (Wildman–Crippen LogP) is 3.53. The van der Waals surface area contributed by atoms with Crippen LogP contribution in [0.2, 0.25) is 0 Å². The third-order valence-electron chi connectivity index (χ3n) is 4.17. The molecular weight excluding hydrogens is 276 g/mol. The van der Waals surface area contributed by atoms with E-state index in [2.05, 4.69) is 4.98 Å². The van der Waals surface area contributed by atoms with Gasteiger partial charge in [0.25, 0.3) is 11.8 Å². The third kappa shape index (κ3) is 1.58. The molecule has 108 valence electrons. The number of amides is 2. The predicted molar refractivity (Wildman–Crippen MR) is 85.3 cm³/mol. The van der Waals surface area contributed by atoms with Crippen molar-refractivity contribution in [3.63, 3.8) is 0 Å². The van der Waals surface area contributed by atoms with Gasteiger partial charge in [0.05, 0.1) is 16.8 Å². The number of aromatic nitrogens is 1. The van der Waals surface area contributed by atoms with Crippen LogP contribution in [0.4, 0.5) is 5.69 Å². The van der Waals surface area contributed by atoms with Crippen molar-refractivity contribution in [1.82, 2.24) is 4.98 Å². The van der Waals surface area contributed by atoms with Gasteiger partial charge in [-0.1, -0.05) is 25.1 Å². The number of fused-ring (bicyclic) bond motifs is 3. The number of imide groups is 1. The highest BCUT2D eigenvalue weighted by molar-refractivity contribution is 6.38. The van der Waals surface area contributed by atoms with Crippen molar-refractivity contribution in [2.75, 3.05) is 4.90 Å². The van der Waals surface area contributed by atoms with Crippen molar-refractivity contribution >= 4 is 28.4 Å². The van der Waals surface area contributed by atoms with Crippen LogP contribution in [0.5, 0.6) is 0 Å². The molecule has 2 heterocycles. The highest BCUT2D eigenvalue weighted by Gasteiger charge is 2.39. The van der Waals surface area contributed by atoms with Gasteiger partial charge in [-0.2, -0.15) is 0 Å². The van der Waals surface area contributed by atoms with Crippen molar-refractivity contribution in [3.8, 4) is 0 Å². The van der Waals surface area contributed by atoms with Crippen LogP contribution in [-0.4, -0.2) is 16.8 Å². The first kappa shape index (κ1) is 12.8. The van der Waals surface area contributed by atoms with Crippen LogP contribution in [0, 0.1) is 0 Å². The summed E-state index contributed by atoms with van der Waals surface area (Å²) in [5.41, 5.74) is 3.47. The fourth-order valence-corrected chi connectivity index (χ4v) is 3.13. The van der Waals surface area contributed by atoms with Crippen LogP contribution < -0.4 is 4.90 Å². The van der Waals surface area contributed by atoms with Gasteiger partial charge in [-0.15, -0.1) is 0 Å². The maximum absolute atomic E-state index is 12.9. The number of para-hydroxylation sites is 1. The number of aromatic amines is 1. The van der Waals surface area contributed by atoms with Gasteiger partial charge in [0, 0.05) is 17.1 Å². The van der Waals surface area contributed by atoms with Gasteiger partial charge in [-0.05, 0) is 36.2 Å². The quantitative estimate of drug-likeness (QED) is 0.734. The van der Waals surface area contributed by atoms with E-state index in [1.165, 1.54) is 4.90 Å². The number of carbonyl (C=O) groups excluding carboxylic acids is 2. The molecule has 0 aliphatic carbocycles. The molecule has 1 aliphatic rings. The molecule has 4 heteroatoms. The molecule has 0 unspecified atom stereocenters. The second kappa shape index (κ2) is 4.56. The van der Waals surface area contributed by atoms with Gasteiger partial charge in [-0.25, -0.2) is 4.90 Å². The average molecular weight is 290 g/mol. The van der Waals surface area contributed by atoms with Crippen molar-refractivity contribution in [1.29, 1.82) is 0 Å². The summed E-state index contributed by atoms with van der Waals surface area (Å²) >= 11 is 0. The summed E-state index contributed by atoms with van der Waals surface area (Å²) in [5, 5.41) is 0.809. The fourth-order valence-electron chi connectivity index (χ4n) is 3.13. The molecule has 0 saturated heterocycles. The lowest BCUT2D eigenvalue weighted by Crippen LogP contribution is -2.29. The molecule has 4 rings (SSSR count). The zero-order valence-corrected chi connectivity index (χ0v) is 12.1. The van der Waals surface area contributed by atoms with Gasteiger partial charge in [0.2, 0.25) is 0 Å². The molecule has 0 spiro atoms. The second-order valence-corrected chi connectivity index (χ2v) is 5.36. The summed E-state index contributed by atoms with van der Waals surface area (Å²) in [4.78, 5) is 30.1. The Morgan fingerprint density at radius 1 is 1.00 bits per heavy atom. The van der Waals surface area contributed by atoms with Gasteiger partial charge in [0.15, 0.2) is 0 Å². The normalized spacial score (nSPS) is 14.0. The van der Waals surface area contributed by atoms with Crippen molar-refractivity contribution in [2.45, 2.75) is 13.3 Å². The number of rotatable bonds is 2. The lowest BCUT2D eigenvalue weighted by Gasteiger charge is -2.13. The lowest BCUT2D eigenvalue weighted by atomic mass is 9.97. The van der Waals surface area contributed by atoms with Crippen molar-refractivity contribution in [2.24, 2.45) is 0 Å². The molecule has 2 aromatic carbocycles. The molecule has 1 N–H and O–H groups in total. The van der Waals surface area contributed by atoms with Crippen LogP contribution >= 0.6 is 0 Å². The van der Waals surface area contributed by atoms with Gasteiger partial charge in [-0.3, -0.25) is 9.59 Å². The fraction of sp³-hybridized carbons (Fsp3) is 0.111. The Morgan fingerprint density at radius 3 is 2.45 bits per heavy atom. The van der Waals surface area contributed by atoms with Gasteiger partial charge < -0.3 is 4.98 Å². The number of nitrogens with zero attached hydrogens (tertiary/aromatic N) is 1. The van der Waals surface area contributed by atoms with Crippen molar-refractivity contribution < 1.29 is 9.59 Å². The minimum atomic E-state index is -0.244. The summed E-state index contributed by atoms with van der Waals surface area (Å²) in [6, 6.07) is 12.9. The number of anilines is 1. The summed E-state index contributed by atoms with van der Waals surface area (Å²) in [7, 11) is 0. The maximum atomic E-state index is 12.9. The molecule has 4 nitrogen and oxygen atoms in total.